The fraction of sp³-hybridized carbons (Fsp3) is 0.211. The van der Waals surface area contributed by atoms with E-state index in [1.807, 2.05) is 6.26 Å². The first kappa shape index (κ1) is 22.5. The summed E-state index contributed by atoms with van der Waals surface area (Å²) in [5.74, 6) is 1.53. The summed E-state index contributed by atoms with van der Waals surface area (Å²) in [4.78, 5) is 0. The number of nitrogens with one attached hydrogen (secondary N) is 2. The van der Waals surface area contributed by atoms with Gasteiger partial charge in [0.1, 0.15) is 22.3 Å². The Morgan fingerprint density at radius 1 is 1.07 bits per heavy atom. The van der Waals surface area contributed by atoms with E-state index < -0.39 is 11.7 Å². The lowest BCUT2D eigenvalue weighted by Gasteiger charge is -2.15. The highest BCUT2D eigenvalue weighted by molar-refractivity contribution is 7.98. The van der Waals surface area contributed by atoms with E-state index in [1.54, 1.807) is 25.3 Å². The molecule has 0 radical (unpaired) electrons. The van der Waals surface area contributed by atoms with Crippen LogP contribution in [0.4, 0.5) is 24.7 Å². The van der Waals surface area contributed by atoms with Crippen molar-refractivity contribution in [3.63, 3.8) is 0 Å². The lowest BCUT2D eigenvalue weighted by molar-refractivity contribution is -0.137. The number of rotatable bonds is 6. The molecule has 0 bridgehead atoms. The summed E-state index contributed by atoms with van der Waals surface area (Å²) >= 11 is 13.6. The van der Waals surface area contributed by atoms with Gasteiger partial charge in [0.05, 0.1) is 41.1 Å². The Morgan fingerprint density at radius 3 is 2.27 bits per heavy atom. The summed E-state index contributed by atoms with van der Waals surface area (Å²) in [7, 11) is 3.06. The molecule has 30 heavy (non-hydrogen) atoms. The molecule has 2 N–H and O–H groups in total. The number of alkyl halides is 3. The molecule has 11 heteroatoms. The first-order chi connectivity index (χ1) is 14.2. The molecule has 0 unspecified atom stereocenters. The minimum Gasteiger partial charge on any atom is -0.497 e. The number of nitrogens with zero attached hydrogens (tertiary/aromatic N) is 1. The van der Waals surface area contributed by atoms with Crippen LogP contribution >= 0.6 is 35.0 Å². The first-order valence-electron chi connectivity index (χ1n) is 8.37. The molecule has 5 nitrogen and oxygen atoms in total. The van der Waals surface area contributed by atoms with Crippen LogP contribution in [0.25, 0.3) is 11.1 Å². The van der Waals surface area contributed by atoms with Gasteiger partial charge in [0.25, 0.3) is 0 Å². The van der Waals surface area contributed by atoms with Crippen LogP contribution in [0.2, 0.25) is 10.0 Å². The van der Waals surface area contributed by atoms with Gasteiger partial charge in [-0.05, 0) is 30.5 Å². The lowest BCUT2D eigenvalue weighted by atomic mass is 10.1. The Bertz CT molecular complexity index is 1050. The smallest absolute Gasteiger partial charge is 0.416 e. The van der Waals surface area contributed by atoms with Crippen molar-refractivity contribution in [2.24, 2.45) is 0 Å². The number of H-pyrrole nitrogens is 1. The van der Waals surface area contributed by atoms with Crippen molar-refractivity contribution in [2.45, 2.75) is 11.2 Å². The summed E-state index contributed by atoms with van der Waals surface area (Å²) in [6.45, 7) is 0. The second-order valence-corrected chi connectivity index (χ2v) is 7.60. The van der Waals surface area contributed by atoms with Crippen LogP contribution < -0.4 is 14.8 Å². The summed E-state index contributed by atoms with van der Waals surface area (Å²) in [5.41, 5.74) is 0.526. The van der Waals surface area contributed by atoms with Gasteiger partial charge in [0, 0.05) is 11.6 Å². The fourth-order valence-electron chi connectivity index (χ4n) is 2.80. The third kappa shape index (κ3) is 4.43. The van der Waals surface area contributed by atoms with Gasteiger partial charge >= 0.3 is 6.18 Å². The number of hydrogen-bond donors (Lipinski definition) is 2. The molecule has 2 aromatic carbocycles. The maximum atomic E-state index is 13.0. The van der Waals surface area contributed by atoms with Gasteiger partial charge in [-0.1, -0.05) is 23.2 Å². The van der Waals surface area contributed by atoms with Gasteiger partial charge < -0.3 is 14.8 Å². The third-order valence-electron chi connectivity index (χ3n) is 4.22. The van der Waals surface area contributed by atoms with Crippen LogP contribution in [-0.4, -0.2) is 30.7 Å². The number of hydrogen-bond acceptors (Lipinski definition) is 5. The molecule has 3 aromatic rings. The van der Waals surface area contributed by atoms with E-state index in [0.717, 1.165) is 12.1 Å². The summed E-state index contributed by atoms with van der Waals surface area (Å²) in [6.07, 6.45) is -2.72. The number of thioether (sulfide) groups is 1. The van der Waals surface area contributed by atoms with Gasteiger partial charge in [-0.25, -0.2) is 0 Å². The van der Waals surface area contributed by atoms with Crippen molar-refractivity contribution in [1.29, 1.82) is 0 Å². The van der Waals surface area contributed by atoms with Gasteiger partial charge in [0.15, 0.2) is 0 Å². The van der Waals surface area contributed by atoms with E-state index in [4.69, 9.17) is 32.7 Å². The van der Waals surface area contributed by atoms with Crippen molar-refractivity contribution < 1.29 is 22.6 Å². The molecule has 0 aliphatic heterocycles. The molecular formula is C19H16Cl2F3N3O2S. The van der Waals surface area contributed by atoms with Crippen LogP contribution in [0.3, 0.4) is 0 Å². The molecule has 0 aliphatic rings. The van der Waals surface area contributed by atoms with Gasteiger partial charge in [0.2, 0.25) is 0 Å². The fourth-order valence-corrected chi connectivity index (χ4v) is 3.93. The average molecular weight is 478 g/mol. The minimum absolute atomic E-state index is 0.122. The monoisotopic (exact) mass is 477 g/mol. The van der Waals surface area contributed by atoms with E-state index in [1.165, 1.54) is 18.9 Å². The van der Waals surface area contributed by atoms with E-state index >= 15 is 0 Å². The molecule has 0 saturated heterocycles. The molecule has 0 amide bonds. The van der Waals surface area contributed by atoms with Crippen molar-refractivity contribution in [3.8, 4) is 22.6 Å². The topological polar surface area (TPSA) is 59.2 Å². The number of anilines is 2. The molecule has 0 saturated carbocycles. The quantitative estimate of drug-likeness (QED) is 0.378. The van der Waals surface area contributed by atoms with Gasteiger partial charge in [-0.2, -0.15) is 18.3 Å². The van der Waals surface area contributed by atoms with E-state index in [9.17, 15) is 13.2 Å². The van der Waals surface area contributed by atoms with E-state index in [-0.39, 0.29) is 15.7 Å². The second-order valence-electron chi connectivity index (χ2n) is 5.99. The largest absolute Gasteiger partial charge is 0.497 e. The molecular weight excluding hydrogens is 462 g/mol. The number of halogens is 5. The Labute approximate surface area is 184 Å². The standard InChI is InChI=1S/C19H16Cl2F3N3O2S/c1-28-10-4-5-11(14(8-10)29-2)15-17(26-27-18(15)30-3)25-16-12(20)6-9(7-13(16)21)19(22,23)24/h4-8H,1-3H3,(H2,25,26,27). The van der Waals surface area contributed by atoms with E-state index in [2.05, 4.69) is 15.5 Å². The lowest BCUT2D eigenvalue weighted by Crippen LogP contribution is -2.06. The molecule has 0 atom stereocenters. The zero-order chi connectivity index (χ0) is 22.1. The molecule has 3 rings (SSSR count). The van der Waals surface area contributed by atoms with Crippen LogP contribution in [0.1, 0.15) is 5.56 Å². The van der Waals surface area contributed by atoms with Crippen molar-refractivity contribution in [1.82, 2.24) is 10.2 Å². The highest BCUT2D eigenvalue weighted by Gasteiger charge is 2.32. The summed E-state index contributed by atoms with van der Waals surface area (Å²) < 4.78 is 49.7. The van der Waals surface area contributed by atoms with Gasteiger partial charge in [-0.3, -0.25) is 5.10 Å². The predicted molar refractivity (Wildman–Crippen MR) is 114 cm³/mol. The van der Waals surface area contributed by atoms with Crippen molar-refractivity contribution in [3.05, 3.63) is 45.9 Å². The Balaban J connectivity index is 2.10. The maximum Gasteiger partial charge on any atom is 0.416 e. The van der Waals surface area contributed by atoms with Crippen molar-refractivity contribution >= 4 is 46.5 Å². The van der Waals surface area contributed by atoms with Crippen LogP contribution in [0.5, 0.6) is 11.5 Å². The van der Waals surface area contributed by atoms with Crippen LogP contribution in [-0.2, 0) is 6.18 Å². The number of benzene rings is 2. The number of ether oxygens (including phenoxy) is 2. The maximum absolute atomic E-state index is 13.0. The second kappa shape index (κ2) is 8.87. The molecule has 1 aromatic heterocycles. The van der Waals surface area contributed by atoms with Crippen LogP contribution in [0.15, 0.2) is 35.4 Å². The average Bonchev–Trinajstić information content (AvgIpc) is 3.11. The number of aromatic nitrogens is 2. The summed E-state index contributed by atoms with van der Waals surface area (Å²) in [5, 5.41) is 10.4. The molecule has 0 fully saturated rings. The van der Waals surface area contributed by atoms with Crippen molar-refractivity contribution in [2.75, 3.05) is 25.8 Å². The molecule has 160 valence electrons. The van der Waals surface area contributed by atoms with Gasteiger partial charge in [-0.15, -0.1) is 11.8 Å². The predicted octanol–water partition coefficient (Wildman–Crippen LogP) is 6.89. The number of methoxy groups -OCH3 is 2. The molecule has 0 aliphatic carbocycles. The molecule has 1 heterocycles. The third-order valence-corrected chi connectivity index (χ3v) is 5.50. The molecule has 0 spiro atoms. The highest BCUT2D eigenvalue weighted by Crippen LogP contribution is 2.44. The highest BCUT2D eigenvalue weighted by atomic mass is 35.5. The normalized spacial score (nSPS) is 11.5. The Morgan fingerprint density at radius 2 is 1.73 bits per heavy atom. The van der Waals surface area contributed by atoms with E-state index in [0.29, 0.717) is 33.5 Å². The Kier molecular flexibility index (Phi) is 6.64. The summed E-state index contributed by atoms with van der Waals surface area (Å²) in [6, 6.07) is 6.90. The first-order valence-corrected chi connectivity index (χ1v) is 10.4. The SMILES string of the molecule is COc1ccc(-c2c(SC)n[nH]c2Nc2c(Cl)cc(C(F)(F)F)cc2Cl)c(OC)c1. The zero-order valence-corrected chi connectivity index (χ0v) is 18.3. The minimum atomic E-state index is -4.56. The Hall–Kier alpha value is -2.23. The zero-order valence-electron chi connectivity index (χ0n) is 15.9. The number of aromatic amines is 1. The van der Waals surface area contributed by atoms with Crippen LogP contribution in [0, 0.1) is 0 Å².